The van der Waals surface area contributed by atoms with E-state index in [-0.39, 0.29) is 0 Å². The van der Waals surface area contributed by atoms with Crippen LogP contribution >= 0.6 is 0 Å². The second-order valence-electron chi connectivity index (χ2n) is 4.69. The highest BCUT2D eigenvalue weighted by Crippen LogP contribution is 2.23. The van der Waals surface area contributed by atoms with Crippen LogP contribution < -0.4 is 4.90 Å². The minimum Gasteiger partial charge on any atom is -0.341 e. The molecule has 4 heteroatoms. The predicted molar refractivity (Wildman–Crippen MR) is 67.3 cm³/mol. The highest BCUT2D eigenvalue weighted by Gasteiger charge is 2.18. The van der Waals surface area contributed by atoms with E-state index in [1.54, 1.807) is 12.4 Å². The molecule has 0 bridgehead atoms. The van der Waals surface area contributed by atoms with E-state index in [0.29, 0.717) is 11.6 Å². The van der Waals surface area contributed by atoms with Crippen molar-refractivity contribution in [2.45, 2.75) is 44.6 Å². The molecule has 0 aromatic carbocycles. The predicted octanol–water partition coefficient (Wildman–Crippen LogP) is 2.45. The maximum atomic E-state index is 10.5. The highest BCUT2D eigenvalue weighted by atomic mass is 16.1. The monoisotopic (exact) mass is 233 g/mol. The molecule has 1 aliphatic carbocycles. The average molecular weight is 233 g/mol. The molecule has 0 amide bonds. The molecule has 1 aliphatic rings. The molecule has 4 nitrogen and oxygen atoms in total. The minimum absolute atomic E-state index is 0.531. The molecule has 1 aromatic heterocycles. The Morgan fingerprint density at radius 3 is 2.29 bits per heavy atom. The summed E-state index contributed by atoms with van der Waals surface area (Å²) >= 11 is 0. The molecule has 0 unspecified atom stereocenters. The van der Waals surface area contributed by atoms with Crippen LogP contribution in [0.4, 0.5) is 5.95 Å². The van der Waals surface area contributed by atoms with Crippen LogP contribution in [0.5, 0.6) is 0 Å². The molecule has 2 rings (SSSR count). The first kappa shape index (κ1) is 12.0. The van der Waals surface area contributed by atoms with Crippen LogP contribution in [-0.4, -0.2) is 29.3 Å². The van der Waals surface area contributed by atoms with Gasteiger partial charge in [-0.2, -0.15) is 0 Å². The topological polar surface area (TPSA) is 46.1 Å². The molecule has 0 radical (unpaired) electrons. The van der Waals surface area contributed by atoms with E-state index in [1.165, 1.54) is 38.5 Å². The van der Waals surface area contributed by atoms with Gasteiger partial charge in [-0.15, -0.1) is 0 Å². The van der Waals surface area contributed by atoms with Gasteiger partial charge in [0.1, 0.15) is 0 Å². The fraction of sp³-hybridized carbons (Fsp3) is 0.615. The van der Waals surface area contributed by atoms with Gasteiger partial charge in [-0.25, -0.2) is 9.97 Å². The van der Waals surface area contributed by atoms with Gasteiger partial charge in [-0.05, 0) is 12.8 Å². The summed E-state index contributed by atoms with van der Waals surface area (Å²) in [5.41, 5.74) is 0.531. The number of carbonyl (C=O) groups excluding carboxylic acids is 1. The quantitative estimate of drug-likeness (QED) is 0.594. The van der Waals surface area contributed by atoms with Crippen LogP contribution in [-0.2, 0) is 0 Å². The van der Waals surface area contributed by atoms with Crippen molar-refractivity contribution < 1.29 is 4.79 Å². The molecule has 0 spiro atoms. The van der Waals surface area contributed by atoms with Crippen LogP contribution in [0.15, 0.2) is 12.4 Å². The van der Waals surface area contributed by atoms with Crippen molar-refractivity contribution in [3.05, 3.63) is 18.0 Å². The molecule has 1 fully saturated rings. The van der Waals surface area contributed by atoms with Gasteiger partial charge in [-0.3, -0.25) is 4.79 Å². The van der Waals surface area contributed by atoms with Crippen molar-refractivity contribution >= 4 is 12.2 Å². The fourth-order valence-corrected chi connectivity index (χ4v) is 2.38. The zero-order chi connectivity index (χ0) is 12.1. The Bertz CT molecular complexity index is 355. The summed E-state index contributed by atoms with van der Waals surface area (Å²) in [4.78, 5) is 21.2. The minimum atomic E-state index is 0.531. The van der Waals surface area contributed by atoms with Gasteiger partial charge in [0.25, 0.3) is 0 Å². The number of aldehydes is 1. The summed E-state index contributed by atoms with van der Waals surface area (Å²) in [6, 6.07) is 0.541. The molecule has 0 aliphatic heterocycles. The van der Waals surface area contributed by atoms with Crippen LogP contribution in [0.3, 0.4) is 0 Å². The summed E-state index contributed by atoms with van der Waals surface area (Å²) in [5.74, 6) is 0.725. The van der Waals surface area contributed by atoms with E-state index in [2.05, 4.69) is 14.9 Å². The van der Waals surface area contributed by atoms with Gasteiger partial charge >= 0.3 is 0 Å². The molecular weight excluding hydrogens is 214 g/mol. The number of hydrogen-bond acceptors (Lipinski definition) is 4. The van der Waals surface area contributed by atoms with Gasteiger partial charge in [0.15, 0.2) is 6.29 Å². The van der Waals surface area contributed by atoms with E-state index in [4.69, 9.17) is 0 Å². The summed E-state index contributed by atoms with van der Waals surface area (Å²) < 4.78 is 0. The van der Waals surface area contributed by atoms with Crippen LogP contribution in [0.2, 0.25) is 0 Å². The number of nitrogens with zero attached hydrogens (tertiary/aromatic N) is 3. The van der Waals surface area contributed by atoms with E-state index in [9.17, 15) is 4.79 Å². The lowest BCUT2D eigenvalue weighted by Gasteiger charge is -2.26. The third-order valence-corrected chi connectivity index (χ3v) is 3.48. The second kappa shape index (κ2) is 5.75. The van der Waals surface area contributed by atoms with Crippen molar-refractivity contribution in [1.82, 2.24) is 9.97 Å². The van der Waals surface area contributed by atoms with E-state index in [0.717, 1.165) is 12.2 Å². The lowest BCUT2D eigenvalue weighted by atomic mass is 10.1. The second-order valence-corrected chi connectivity index (χ2v) is 4.69. The summed E-state index contributed by atoms with van der Waals surface area (Å²) in [5, 5.41) is 0. The van der Waals surface area contributed by atoms with Crippen LogP contribution in [0.1, 0.15) is 48.9 Å². The maximum absolute atomic E-state index is 10.5. The lowest BCUT2D eigenvalue weighted by molar-refractivity contribution is 0.112. The molecule has 0 saturated heterocycles. The molecular formula is C13H19N3O. The molecule has 92 valence electrons. The molecule has 1 heterocycles. The van der Waals surface area contributed by atoms with E-state index < -0.39 is 0 Å². The molecule has 1 aromatic rings. The van der Waals surface area contributed by atoms with Crippen molar-refractivity contribution in [1.29, 1.82) is 0 Å². The summed E-state index contributed by atoms with van der Waals surface area (Å²) in [6.07, 6.45) is 11.7. The Morgan fingerprint density at radius 2 is 1.76 bits per heavy atom. The number of carbonyl (C=O) groups is 1. The Kier molecular flexibility index (Phi) is 4.07. The molecule has 0 N–H and O–H groups in total. The maximum Gasteiger partial charge on any atom is 0.225 e. The van der Waals surface area contributed by atoms with Crippen molar-refractivity contribution in [2.24, 2.45) is 0 Å². The summed E-state index contributed by atoms with van der Waals surface area (Å²) in [6.45, 7) is 0. The Balaban J connectivity index is 2.06. The van der Waals surface area contributed by atoms with E-state index >= 15 is 0 Å². The van der Waals surface area contributed by atoms with Gasteiger partial charge in [-0.1, -0.05) is 25.7 Å². The molecule has 17 heavy (non-hydrogen) atoms. The zero-order valence-electron chi connectivity index (χ0n) is 10.3. The third kappa shape index (κ3) is 3.02. The van der Waals surface area contributed by atoms with Crippen molar-refractivity contribution in [2.75, 3.05) is 11.9 Å². The molecule has 1 saturated carbocycles. The standard InChI is InChI=1S/C13H19N3O/c1-16(12-6-4-2-3-5-7-12)13-14-8-11(10-17)9-15-13/h8-10,12H,2-7H2,1H3. The van der Waals surface area contributed by atoms with Crippen molar-refractivity contribution in [3.8, 4) is 0 Å². The normalized spacial score (nSPS) is 17.5. The van der Waals surface area contributed by atoms with Crippen molar-refractivity contribution in [3.63, 3.8) is 0 Å². The fourth-order valence-electron chi connectivity index (χ4n) is 2.38. The molecule has 0 atom stereocenters. The lowest BCUT2D eigenvalue weighted by Crippen LogP contribution is -2.32. The first-order chi connectivity index (χ1) is 8.31. The van der Waals surface area contributed by atoms with Crippen LogP contribution in [0.25, 0.3) is 0 Å². The van der Waals surface area contributed by atoms with Gasteiger partial charge in [0.05, 0.1) is 5.56 Å². The Hall–Kier alpha value is -1.45. The van der Waals surface area contributed by atoms with E-state index in [1.807, 2.05) is 7.05 Å². The number of anilines is 1. The number of aromatic nitrogens is 2. The average Bonchev–Trinajstić information content (AvgIpc) is 2.67. The first-order valence-electron chi connectivity index (χ1n) is 6.31. The third-order valence-electron chi connectivity index (χ3n) is 3.48. The van der Waals surface area contributed by atoms with Gasteiger partial charge in [0, 0.05) is 25.5 Å². The highest BCUT2D eigenvalue weighted by molar-refractivity contribution is 5.73. The zero-order valence-corrected chi connectivity index (χ0v) is 10.3. The van der Waals surface area contributed by atoms with Gasteiger partial charge < -0.3 is 4.90 Å². The number of rotatable bonds is 3. The first-order valence-corrected chi connectivity index (χ1v) is 6.31. The van der Waals surface area contributed by atoms with Crippen LogP contribution in [0, 0.1) is 0 Å². The Labute approximate surface area is 102 Å². The van der Waals surface area contributed by atoms with Gasteiger partial charge in [0.2, 0.25) is 5.95 Å². The SMILES string of the molecule is CN(c1ncc(C=O)cn1)C1CCCCCC1. The Morgan fingerprint density at radius 1 is 1.18 bits per heavy atom. The summed E-state index contributed by atoms with van der Waals surface area (Å²) in [7, 11) is 2.05. The largest absolute Gasteiger partial charge is 0.341 e. The smallest absolute Gasteiger partial charge is 0.225 e. The number of hydrogen-bond donors (Lipinski definition) is 0.